The summed E-state index contributed by atoms with van der Waals surface area (Å²) in [5.41, 5.74) is 1.24. The molecular formula is C8H10BNaO2. The summed E-state index contributed by atoms with van der Waals surface area (Å²) in [6.45, 7) is 3.55. The summed E-state index contributed by atoms with van der Waals surface area (Å²) in [7, 11) is -1.41. The Labute approximate surface area is 95.9 Å². The zero-order valence-electron chi connectivity index (χ0n) is 8.07. The van der Waals surface area contributed by atoms with E-state index in [-0.39, 0.29) is 31.0 Å². The van der Waals surface area contributed by atoms with Gasteiger partial charge in [0.15, 0.2) is 0 Å². The third kappa shape index (κ3) is 2.77. The van der Waals surface area contributed by atoms with Crippen LogP contribution in [0.25, 0.3) is 6.08 Å². The fourth-order valence-electron chi connectivity index (χ4n) is 0.932. The van der Waals surface area contributed by atoms with Crippen molar-refractivity contribution >= 4 is 18.7 Å². The van der Waals surface area contributed by atoms with Crippen LogP contribution < -0.4 is 35.0 Å². The van der Waals surface area contributed by atoms with E-state index in [2.05, 4.69) is 6.58 Å². The van der Waals surface area contributed by atoms with E-state index in [9.17, 15) is 0 Å². The van der Waals surface area contributed by atoms with Gasteiger partial charge in [-0.3, -0.25) is 0 Å². The molecule has 0 fully saturated rings. The largest absolute Gasteiger partial charge is 1.00 e. The molecule has 1 rings (SSSR count). The average molecular weight is 172 g/mol. The minimum absolute atomic E-state index is 0. The Morgan fingerprint density at radius 1 is 1.33 bits per heavy atom. The van der Waals surface area contributed by atoms with Crippen molar-refractivity contribution in [2.45, 2.75) is 0 Å². The van der Waals surface area contributed by atoms with Crippen LogP contribution in [0.5, 0.6) is 0 Å². The summed E-state index contributed by atoms with van der Waals surface area (Å²) in [5, 5.41) is 17.7. The van der Waals surface area contributed by atoms with Crippen molar-refractivity contribution in [3.8, 4) is 0 Å². The molecule has 0 saturated heterocycles. The minimum atomic E-state index is -1.41. The Bertz CT molecular complexity index is 268. The Morgan fingerprint density at radius 3 is 2.33 bits per heavy atom. The maximum Gasteiger partial charge on any atom is 1.00 e. The van der Waals surface area contributed by atoms with Crippen LogP contribution in [0.3, 0.4) is 0 Å². The fourth-order valence-corrected chi connectivity index (χ4v) is 0.932. The quantitative estimate of drug-likeness (QED) is 0.470. The first-order valence-electron chi connectivity index (χ1n) is 3.33. The van der Waals surface area contributed by atoms with Crippen molar-refractivity contribution in [2.75, 3.05) is 0 Å². The van der Waals surface area contributed by atoms with Gasteiger partial charge in [0.25, 0.3) is 0 Å². The zero-order valence-corrected chi connectivity index (χ0v) is 9.07. The maximum atomic E-state index is 8.84. The molecule has 0 radical (unpaired) electrons. The normalized spacial score (nSPS) is 8.50. The second-order valence-corrected chi connectivity index (χ2v) is 2.21. The molecule has 4 heteroatoms. The van der Waals surface area contributed by atoms with E-state index in [1.165, 1.54) is 0 Å². The predicted molar refractivity (Wildman–Crippen MR) is 47.5 cm³/mol. The van der Waals surface area contributed by atoms with Crippen LogP contribution in [0.2, 0.25) is 0 Å². The molecule has 0 aromatic heterocycles. The predicted octanol–water partition coefficient (Wildman–Crippen LogP) is -2.87. The molecule has 0 bridgehead atoms. The van der Waals surface area contributed by atoms with Gasteiger partial charge >= 0.3 is 36.7 Å². The molecule has 2 N–H and O–H groups in total. The van der Waals surface area contributed by atoms with Gasteiger partial charge in [-0.2, -0.15) is 0 Å². The zero-order chi connectivity index (χ0) is 8.27. The van der Waals surface area contributed by atoms with Gasteiger partial charge in [-0.05, 0) is 11.0 Å². The molecule has 0 atom stereocenters. The van der Waals surface area contributed by atoms with E-state index in [4.69, 9.17) is 10.0 Å². The third-order valence-corrected chi connectivity index (χ3v) is 1.49. The molecule has 12 heavy (non-hydrogen) atoms. The molecule has 58 valence electrons. The van der Waals surface area contributed by atoms with Gasteiger partial charge in [0, 0.05) is 0 Å². The Hall–Kier alpha value is -0.0551. The van der Waals surface area contributed by atoms with Gasteiger partial charge in [0.05, 0.1) is 0 Å². The van der Waals surface area contributed by atoms with Crippen molar-refractivity contribution in [3.63, 3.8) is 0 Å². The summed E-state index contributed by atoms with van der Waals surface area (Å²) in [4.78, 5) is 0. The van der Waals surface area contributed by atoms with Crippen LogP contribution in [-0.4, -0.2) is 17.2 Å². The van der Waals surface area contributed by atoms with Crippen molar-refractivity contribution in [3.05, 3.63) is 36.4 Å². The fraction of sp³-hybridized carbons (Fsp3) is 0. The van der Waals surface area contributed by atoms with Gasteiger partial charge < -0.3 is 11.5 Å². The molecule has 1 aromatic carbocycles. The van der Waals surface area contributed by atoms with Crippen molar-refractivity contribution < 1.29 is 41.0 Å². The minimum Gasteiger partial charge on any atom is -1.00 e. The second kappa shape index (κ2) is 5.57. The number of hydrogen-bond acceptors (Lipinski definition) is 2. The van der Waals surface area contributed by atoms with Crippen molar-refractivity contribution in [1.29, 1.82) is 0 Å². The molecule has 0 amide bonds. The number of rotatable bonds is 2. The van der Waals surface area contributed by atoms with Crippen LogP contribution in [0.1, 0.15) is 6.99 Å². The summed E-state index contributed by atoms with van der Waals surface area (Å²) in [5.74, 6) is 0. The van der Waals surface area contributed by atoms with E-state index in [1.807, 2.05) is 6.07 Å². The first-order valence-corrected chi connectivity index (χ1v) is 3.33. The average Bonchev–Trinajstić information content (AvgIpc) is 2.04. The van der Waals surface area contributed by atoms with Crippen LogP contribution in [0.15, 0.2) is 30.8 Å². The Morgan fingerprint density at radius 2 is 1.92 bits per heavy atom. The van der Waals surface area contributed by atoms with Crippen LogP contribution in [0.4, 0.5) is 0 Å². The Balaban J connectivity index is 0. The summed E-state index contributed by atoms with van der Waals surface area (Å²) < 4.78 is 0. The summed E-state index contributed by atoms with van der Waals surface area (Å²) >= 11 is 0. The first kappa shape index (κ1) is 11.9. The topological polar surface area (TPSA) is 40.5 Å². The molecule has 1 aromatic rings. The van der Waals surface area contributed by atoms with E-state index in [0.29, 0.717) is 5.46 Å². The molecule has 0 unspecified atom stereocenters. The van der Waals surface area contributed by atoms with E-state index in [0.717, 1.165) is 5.56 Å². The van der Waals surface area contributed by atoms with Gasteiger partial charge in [-0.15, -0.1) is 0 Å². The smallest absolute Gasteiger partial charge is 1.00 e. The van der Waals surface area contributed by atoms with Gasteiger partial charge in [-0.1, -0.05) is 36.9 Å². The van der Waals surface area contributed by atoms with Crippen molar-refractivity contribution in [2.24, 2.45) is 0 Å². The summed E-state index contributed by atoms with van der Waals surface area (Å²) in [6.07, 6.45) is 1.59. The second-order valence-electron chi connectivity index (χ2n) is 2.21. The monoisotopic (exact) mass is 172 g/mol. The number of hydrogen-bond donors (Lipinski definition) is 2. The van der Waals surface area contributed by atoms with E-state index in [1.54, 1.807) is 24.3 Å². The van der Waals surface area contributed by atoms with Crippen LogP contribution in [0, 0.1) is 0 Å². The molecule has 0 aliphatic carbocycles. The SMILES string of the molecule is C=Cc1ccccc1B(O)O.[H-].[Na+]. The summed E-state index contributed by atoms with van der Waals surface area (Å²) in [6, 6.07) is 7.01. The van der Waals surface area contributed by atoms with Crippen molar-refractivity contribution in [1.82, 2.24) is 0 Å². The first-order chi connectivity index (χ1) is 5.25. The maximum absolute atomic E-state index is 8.84. The number of benzene rings is 1. The van der Waals surface area contributed by atoms with Gasteiger partial charge in [0.1, 0.15) is 0 Å². The van der Waals surface area contributed by atoms with E-state index >= 15 is 0 Å². The molecular weight excluding hydrogens is 162 g/mol. The molecule has 0 aliphatic heterocycles. The standard InChI is InChI=1S/C8H9BO2.Na.H/c1-2-7-5-3-4-6-8(7)9(10)11;;/h2-6,10-11H,1H2;;/q;+1;-1. The van der Waals surface area contributed by atoms with Gasteiger partial charge in [-0.25, -0.2) is 0 Å². The van der Waals surface area contributed by atoms with E-state index < -0.39 is 7.12 Å². The third-order valence-electron chi connectivity index (χ3n) is 1.49. The van der Waals surface area contributed by atoms with Gasteiger partial charge in [0.2, 0.25) is 0 Å². The van der Waals surface area contributed by atoms with Crippen LogP contribution in [-0.2, 0) is 0 Å². The molecule has 0 aliphatic rings. The molecule has 0 spiro atoms. The molecule has 2 nitrogen and oxygen atoms in total. The van der Waals surface area contributed by atoms with Crippen LogP contribution >= 0.6 is 0 Å². The Kier molecular flexibility index (Phi) is 5.54. The molecule has 0 saturated carbocycles. The molecule has 0 heterocycles.